The maximum atomic E-state index is 12.2. The third-order valence-electron chi connectivity index (χ3n) is 4.31. The van der Waals surface area contributed by atoms with Gasteiger partial charge in [-0.2, -0.15) is 0 Å². The van der Waals surface area contributed by atoms with Crippen molar-refractivity contribution in [3.63, 3.8) is 0 Å². The highest BCUT2D eigenvalue weighted by Gasteiger charge is 2.23. The third kappa shape index (κ3) is 2.98. The first-order chi connectivity index (χ1) is 11.2. The minimum absolute atomic E-state index is 0.180. The first kappa shape index (κ1) is 15.3. The fourth-order valence-electron chi connectivity index (χ4n) is 3.10. The van der Waals surface area contributed by atoms with Crippen molar-refractivity contribution in [2.24, 2.45) is 0 Å². The van der Waals surface area contributed by atoms with Gasteiger partial charge in [0.05, 0.1) is 6.54 Å². The molecule has 118 valence electrons. The van der Waals surface area contributed by atoms with E-state index in [1.54, 1.807) is 0 Å². The van der Waals surface area contributed by atoms with Crippen molar-refractivity contribution < 1.29 is 4.79 Å². The number of carbonyl (C=O) groups is 1. The fraction of sp³-hybridized carbons (Fsp3) is 0.389. The molecule has 1 aliphatic rings. The molecule has 5 nitrogen and oxygen atoms in total. The zero-order chi connectivity index (χ0) is 16.2. The van der Waals surface area contributed by atoms with Gasteiger partial charge in [0.1, 0.15) is 0 Å². The Hall–Kier alpha value is -2.61. The van der Waals surface area contributed by atoms with E-state index in [0.717, 1.165) is 36.0 Å². The van der Waals surface area contributed by atoms with E-state index in [1.807, 2.05) is 24.3 Å². The normalized spacial score (nSPS) is 17.7. The van der Waals surface area contributed by atoms with E-state index >= 15 is 0 Å². The molecule has 1 unspecified atom stereocenters. The van der Waals surface area contributed by atoms with Crippen LogP contribution in [0.25, 0.3) is 10.8 Å². The molecular formula is C18H20N4O. The maximum absolute atomic E-state index is 12.2. The van der Waals surface area contributed by atoms with Crippen LogP contribution in [0.4, 0.5) is 5.82 Å². The van der Waals surface area contributed by atoms with Crippen LogP contribution in [-0.2, 0) is 0 Å². The molecule has 0 bridgehead atoms. The summed E-state index contributed by atoms with van der Waals surface area (Å²) in [7, 11) is 0. The highest BCUT2D eigenvalue weighted by atomic mass is 16.1. The molecule has 1 aromatic heterocycles. The number of anilines is 1. The summed E-state index contributed by atoms with van der Waals surface area (Å²) in [5, 5.41) is 13.0. The SMILES string of the molecule is C#CCNC(=O)c1nnc(N2CCCCC2C)c2ccccc12. The molecule has 1 fully saturated rings. The topological polar surface area (TPSA) is 58.1 Å². The van der Waals surface area contributed by atoms with Crippen LogP contribution in [0.15, 0.2) is 24.3 Å². The number of nitrogens with one attached hydrogen (secondary N) is 1. The van der Waals surface area contributed by atoms with Gasteiger partial charge >= 0.3 is 0 Å². The van der Waals surface area contributed by atoms with Gasteiger partial charge in [-0.15, -0.1) is 16.6 Å². The van der Waals surface area contributed by atoms with Gasteiger partial charge in [-0.1, -0.05) is 30.2 Å². The number of nitrogens with zero attached hydrogens (tertiary/aromatic N) is 3. The molecule has 1 aromatic carbocycles. The lowest BCUT2D eigenvalue weighted by Gasteiger charge is -2.34. The van der Waals surface area contributed by atoms with Gasteiger partial charge in [0, 0.05) is 23.4 Å². The van der Waals surface area contributed by atoms with Gasteiger partial charge in [0.25, 0.3) is 5.91 Å². The Morgan fingerprint density at radius 2 is 2.13 bits per heavy atom. The molecule has 1 atom stereocenters. The Morgan fingerprint density at radius 3 is 2.87 bits per heavy atom. The number of amides is 1. The van der Waals surface area contributed by atoms with Gasteiger partial charge in [0.15, 0.2) is 11.5 Å². The lowest BCUT2D eigenvalue weighted by Crippen LogP contribution is -2.38. The van der Waals surface area contributed by atoms with Crippen molar-refractivity contribution in [3.8, 4) is 12.3 Å². The summed E-state index contributed by atoms with van der Waals surface area (Å²) in [6.45, 7) is 3.37. The van der Waals surface area contributed by atoms with Crippen LogP contribution in [0.2, 0.25) is 0 Å². The monoisotopic (exact) mass is 308 g/mol. The van der Waals surface area contributed by atoms with Gasteiger partial charge in [-0.3, -0.25) is 4.79 Å². The first-order valence-electron chi connectivity index (χ1n) is 7.96. The predicted molar refractivity (Wildman–Crippen MR) is 91.4 cm³/mol. The second-order valence-corrected chi connectivity index (χ2v) is 5.84. The molecule has 1 amide bonds. The molecule has 0 spiro atoms. The van der Waals surface area contributed by atoms with Crippen LogP contribution in [0.1, 0.15) is 36.7 Å². The van der Waals surface area contributed by atoms with Gasteiger partial charge < -0.3 is 10.2 Å². The van der Waals surface area contributed by atoms with Crippen LogP contribution in [-0.4, -0.2) is 35.2 Å². The first-order valence-corrected chi connectivity index (χ1v) is 7.96. The zero-order valence-corrected chi connectivity index (χ0v) is 13.2. The van der Waals surface area contributed by atoms with E-state index in [4.69, 9.17) is 6.42 Å². The minimum Gasteiger partial charge on any atom is -0.352 e. The summed E-state index contributed by atoms with van der Waals surface area (Å²) in [4.78, 5) is 14.5. The van der Waals surface area contributed by atoms with E-state index < -0.39 is 0 Å². The number of rotatable bonds is 3. The highest BCUT2D eigenvalue weighted by molar-refractivity contribution is 6.07. The fourth-order valence-corrected chi connectivity index (χ4v) is 3.10. The van der Waals surface area contributed by atoms with Crippen molar-refractivity contribution in [2.45, 2.75) is 32.2 Å². The summed E-state index contributed by atoms with van der Waals surface area (Å²) >= 11 is 0. The molecule has 2 heterocycles. The standard InChI is InChI=1S/C18H20N4O/c1-3-11-19-18(23)16-14-9-4-5-10-15(14)17(21-20-16)22-12-7-6-8-13(22)2/h1,4-5,9-10,13H,6-8,11-12H2,2H3,(H,19,23). The number of aromatic nitrogens is 2. The number of fused-ring (bicyclic) bond motifs is 1. The molecule has 3 rings (SSSR count). The van der Waals surface area contributed by atoms with E-state index in [-0.39, 0.29) is 12.5 Å². The van der Waals surface area contributed by atoms with E-state index in [0.29, 0.717) is 11.7 Å². The quantitative estimate of drug-likeness (QED) is 0.885. The lowest BCUT2D eigenvalue weighted by molar-refractivity contribution is 0.0954. The van der Waals surface area contributed by atoms with Crippen LogP contribution in [0, 0.1) is 12.3 Å². The molecule has 2 aromatic rings. The zero-order valence-electron chi connectivity index (χ0n) is 13.2. The van der Waals surface area contributed by atoms with Gasteiger partial charge in [-0.25, -0.2) is 0 Å². The molecule has 1 N–H and O–H groups in total. The summed E-state index contributed by atoms with van der Waals surface area (Å²) < 4.78 is 0. The Balaban J connectivity index is 2.05. The third-order valence-corrected chi connectivity index (χ3v) is 4.31. The number of terminal acetylenes is 1. The van der Waals surface area contributed by atoms with Crippen LogP contribution in [0.3, 0.4) is 0 Å². The molecule has 0 aliphatic carbocycles. The molecular weight excluding hydrogens is 288 g/mol. The largest absolute Gasteiger partial charge is 0.352 e. The Labute approximate surface area is 136 Å². The van der Waals surface area contributed by atoms with Crippen molar-refractivity contribution in [2.75, 3.05) is 18.0 Å². The molecule has 1 saturated heterocycles. The second kappa shape index (κ2) is 6.66. The summed E-state index contributed by atoms with van der Waals surface area (Å²) in [6.07, 6.45) is 8.75. The Bertz CT molecular complexity index is 765. The maximum Gasteiger partial charge on any atom is 0.273 e. The minimum atomic E-state index is -0.287. The predicted octanol–water partition coefficient (Wildman–Crippen LogP) is 2.37. The lowest BCUT2D eigenvalue weighted by atomic mass is 10.0. The molecule has 23 heavy (non-hydrogen) atoms. The highest BCUT2D eigenvalue weighted by Crippen LogP contribution is 2.30. The second-order valence-electron chi connectivity index (χ2n) is 5.84. The van der Waals surface area contributed by atoms with Crippen molar-refractivity contribution in [1.82, 2.24) is 15.5 Å². The van der Waals surface area contributed by atoms with E-state index in [9.17, 15) is 4.79 Å². The van der Waals surface area contributed by atoms with E-state index in [2.05, 4.69) is 33.3 Å². The number of hydrogen-bond acceptors (Lipinski definition) is 4. The number of piperidine rings is 1. The van der Waals surface area contributed by atoms with Crippen LogP contribution >= 0.6 is 0 Å². The molecule has 0 saturated carbocycles. The van der Waals surface area contributed by atoms with Gasteiger partial charge in [0.2, 0.25) is 0 Å². The molecule has 0 radical (unpaired) electrons. The van der Waals surface area contributed by atoms with Gasteiger partial charge in [-0.05, 0) is 26.2 Å². The number of hydrogen-bond donors (Lipinski definition) is 1. The van der Waals surface area contributed by atoms with Crippen LogP contribution in [0.5, 0.6) is 0 Å². The Kier molecular flexibility index (Phi) is 4.42. The number of carbonyl (C=O) groups excluding carboxylic acids is 1. The summed E-state index contributed by atoms with van der Waals surface area (Å²) in [6, 6.07) is 8.21. The molecule has 5 heteroatoms. The Morgan fingerprint density at radius 1 is 1.35 bits per heavy atom. The summed E-state index contributed by atoms with van der Waals surface area (Å²) in [5.74, 6) is 2.97. The van der Waals surface area contributed by atoms with Crippen molar-refractivity contribution >= 4 is 22.5 Å². The van der Waals surface area contributed by atoms with Crippen molar-refractivity contribution in [1.29, 1.82) is 0 Å². The smallest absolute Gasteiger partial charge is 0.273 e. The average molecular weight is 308 g/mol. The summed E-state index contributed by atoms with van der Waals surface area (Å²) in [5.41, 5.74) is 0.323. The van der Waals surface area contributed by atoms with Crippen LogP contribution < -0.4 is 10.2 Å². The van der Waals surface area contributed by atoms with E-state index in [1.165, 1.54) is 6.42 Å². The average Bonchev–Trinajstić information content (AvgIpc) is 2.59. The molecule has 1 aliphatic heterocycles. The number of benzene rings is 1. The van der Waals surface area contributed by atoms with Crippen molar-refractivity contribution in [3.05, 3.63) is 30.0 Å².